The molecule has 1 amide bonds. The lowest BCUT2D eigenvalue weighted by Gasteiger charge is -2.15. The van der Waals surface area contributed by atoms with Gasteiger partial charge in [0.05, 0.1) is 11.9 Å². The fourth-order valence-electron chi connectivity index (χ4n) is 2.49. The maximum Gasteiger partial charge on any atom is 0.365 e. The number of hydrogen-bond acceptors (Lipinski definition) is 4. The minimum absolute atomic E-state index is 0.384. The van der Waals surface area contributed by atoms with Gasteiger partial charge in [-0.15, -0.1) is 0 Å². The minimum atomic E-state index is -0.895. The summed E-state index contributed by atoms with van der Waals surface area (Å²) in [4.78, 5) is 28.8. The van der Waals surface area contributed by atoms with Gasteiger partial charge in [0.1, 0.15) is 11.9 Å². The Morgan fingerprint density at radius 2 is 1.93 bits per heavy atom. The average molecular weight is 387 g/mol. The first-order valence-electron chi connectivity index (χ1n) is 8.14. The Hall–Kier alpha value is -3.06. The van der Waals surface area contributed by atoms with Gasteiger partial charge in [-0.1, -0.05) is 23.7 Å². The SMILES string of the molecule is Cc1cc(F)ccc1NC(=O)[C@H](C)n1ncc(-c2ccc(Cl)cc2)nc1=O. The van der Waals surface area contributed by atoms with E-state index in [1.54, 1.807) is 31.2 Å². The Bertz CT molecular complexity index is 1050. The predicted molar refractivity (Wildman–Crippen MR) is 101 cm³/mol. The first-order valence-corrected chi connectivity index (χ1v) is 8.52. The van der Waals surface area contributed by atoms with Crippen LogP contribution in [0.15, 0.2) is 53.5 Å². The number of nitrogens with zero attached hydrogens (tertiary/aromatic N) is 3. The van der Waals surface area contributed by atoms with Gasteiger partial charge in [-0.2, -0.15) is 10.1 Å². The topological polar surface area (TPSA) is 76.9 Å². The van der Waals surface area contributed by atoms with Crippen LogP contribution in [0.3, 0.4) is 0 Å². The van der Waals surface area contributed by atoms with Gasteiger partial charge >= 0.3 is 5.69 Å². The molecule has 0 unspecified atom stereocenters. The van der Waals surface area contributed by atoms with E-state index in [2.05, 4.69) is 15.4 Å². The molecule has 0 fully saturated rings. The first kappa shape index (κ1) is 18.7. The highest BCUT2D eigenvalue weighted by atomic mass is 35.5. The van der Waals surface area contributed by atoms with E-state index in [4.69, 9.17) is 11.6 Å². The smallest absolute Gasteiger partial charge is 0.324 e. The molecule has 1 heterocycles. The number of aromatic nitrogens is 3. The molecule has 1 atom stereocenters. The third-order valence-electron chi connectivity index (χ3n) is 4.05. The van der Waals surface area contributed by atoms with Crippen molar-refractivity contribution in [2.75, 3.05) is 5.32 Å². The molecule has 27 heavy (non-hydrogen) atoms. The van der Waals surface area contributed by atoms with Gasteiger partial charge in [0.15, 0.2) is 0 Å². The zero-order valence-electron chi connectivity index (χ0n) is 14.6. The van der Waals surface area contributed by atoms with Crippen LogP contribution >= 0.6 is 11.6 Å². The van der Waals surface area contributed by atoms with E-state index >= 15 is 0 Å². The lowest BCUT2D eigenvalue weighted by Crippen LogP contribution is -2.35. The van der Waals surface area contributed by atoms with Crippen LogP contribution in [0.2, 0.25) is 5.02 Å². The van der Waals surface area contributed by atoms with E-state index in [0.29, 0.717) is 27.5 Å². The van der Waals surface area contributed by atoms with Gasteiger partial charge in [0, 0.05) is 16.3 Å². The first-order chi connectivity index (χ1) is 12.8. The number of carbonyl (C=O) groups excluding carboxylic acids is 1. The zero-order valence-corrected chi connectivity index (χ0v) is 15.4. The van der Waals surface area contributed by atoms with Gasteiger partial charge in [0.2, 0.25) is 5.91 Å². The highest BCUT2D eigenvalue weighted by molar-refractivity contribution is 6.30. The summed E-state index contributed by atoms with van der Waals surface area (Å²) in [7, 11) is 0. The summed E-state index contributed by atoms with van der Waals surface area (Å²) in [5, 5.41) is 7.30. The van der Waals surface area contributed by atoms with Crippen molar-refractivity contribution in [3.05, 3.63) is 75.5 Å². The van der Waals surface area contributed by atoms with Crippen molar-refractivity contribution < 1.29 is 9.18 Å². The monoisotopic (exact) mass is 386 g/mol. The van der Waals surface area contributed by atoms with Crippen LogP contribution in [0.25, 0.3) is 11.3 Å². The molecule has 2 aromatic carbocycles. The van der Waals surface area contributed by atoms with Gasteiger partial charge in [-0.25, -0.2) is 13.9 Å². The van der Waals surface area contributed by atoms with Crippen molar-refractivity contribution in [3.8, 4) is 11.3 Å². The minimum Gasteiger partial charge on any atom is -0.324 e. The van der Waals surface area contributed by atoms with Crippen molar-refractivity contribution in [1.82, 2.24) is 14.8 Å². The molecule has 3 aromatic rings. The van der Waals surface area contributed by atoms with E-state index in [-0.39, 0.29) is 0 Å². The molecule has 1 aromatic heterocycles. The largest absolute Gasteiger partial charge is 0.365 e. The third kappa shape index (κ3) is 4.20. The van der Waals surface area contributed by atoms with Crippen LogP contribution in [0.1, 0.15) is 18.5 Å². The molecular weight excluding hydrogens is 371 g/mol. The second kappa shape index (κ2) is 7.67. The molecule has 0 saturated carbocycles. The van der Waals surface area contributed by atoms with Gasteiger partial charge < -0.3 is 5.32 Å². The summed E-state index contributed by atoms with van der Waals surface area (Å²) in [5.74, 6) is -0.848. The molecule has 6 nitrogen and oxygen atoms in total. The average Bonchev–Trinajstić information content (AvgIpc) is 2.64. The second-order valence-electron chi connectivity index (χ2n) is 6.00. The van der Waals surface area contributed by atoms with Crippen molar-refractivity contribution in [2.45, 2.75) is 19.9 Å². The summed E-state index contributed by atoms with van der Waals surface area (Å²) in [6.07, 6.45) is 1.41. The molecule has 138 valence electrons. The number of nitrogens with one attached hydrogen (secondary N) is 1. The maximum absolute atomic E-state index is 13.2. The fourth-order valence-corrected chi connectivity index (χ4v) is 2.62. The van der Waals surface area contributed by atoms with E-state index in [9.17, 15) is 14.0 Å². The molecule has 0 spiro atoms. The Balaban J connectivity index is 1.81. The Labute approximate surface area is 159 Å². The van der Waals surface area contributed by atoms with Crippen LogP contribution in [0, 0.1) is 12.7 Å². The summed E-state index contributed by atoms with van der Waals surface area (Å²) >= 11 is 5.85. The van der Waals surface area contributed by atoms with Gasteiger partial charge in [-0.3, -0.25) is 4.79 Å². The number of hydrogen-bond donors (Lipinski definition) is 1. The van der Waals surface area contributed by atoms with Crippen LogP contribution in [0.5, 0.6) is 0 Å². The van der Waals surface area contributed by atoms with Crippen molar-refractivity contribution in [2.24, 2.45) is 0 Å². The molecule has 0 aliphatic rings. The quantitative estimate of drug-likeness (QED) is 0.743. The van der Waals surface area contributed by atoms with Gasteiger partial charge in [-0.05, 0) is 49.7 Å². The van der Waals surface area contributed by atoms with Crippen molar-refractivity contribution in [3.63, 3.8) is 0 Å². The highest BCUT2D eigenvalue weighted by Gasteiger charge is 2.19. The molecule has 1 N–H and O–H groups in total. The van der Waals surface area contributed by atoms with Crippen molar-refractivity contribution in [1.29, 1.82) is 0 Å². The van der Waals surface area contributed by atoms with E-state index in [1.165, 1.54) is 31.3 Å². The normalized spacial score (nSPS) is 11.9. The lowest BCUT2D eigenvalue weighted by molar-refractivity contribution is -0.119. The Morgan fingerprint density at radius 3 is 2.56 bits per heavy atom. The number of benzene rings is 2. The Kier molecular flexibility index (Phi) is 5.32. The zero-order chi connectivity index (χ0) is 19.6. The second-order valence-corrected chi connectivity index (χ2v) is 6.44. The van der Waals surface area contributed by atoms with Crippen LogP contribution in [-0.4, -0.2) is 20.7 Å². The summed E-state index contributed by atoms with van der Waals surface area (Å²) in [6, 6.07) is 9.96. The molecule has 8 heteroatoms. The molecule has 0 bridgehead atoms. The number of halogens is 2. The standard InChI is InChI=1S/C19H16ClFN4O2/c1-11-9-15(21)7-8-16(11)23-18(26)12(2)25-19(27)24-17(10-22-25)13-3-5-14(20)6-4-13/h3-10,12H,1-2H3,(H,23,26)/t12-/m0/s1. The maximum atomic E-state index is 13.2. The van der Waals surface area contributed by atoms with Crippen LogP contribution < -0.4 is 11.0 Å². The number of aryl methyl sites for hydroxylation is 1. The number of anilines is 1. The van der Waals surface area contributed by atoms with E-state index in [0.717, 1.165) is 4.68 Å². The van der Waals surface area contributed by atoms with E-state index in [1.807, 2.05) is 0 Å². The predicted octanol–water partition coefficient (Wildman–Crippen LogP) is 3.61. The summed E-state index contributed by atoms with van der Waals surface area (Å²) in [5.41, 5.74) is 1.46. The van der Waals surface area contributed by atoms with E-state index < -0.39 is 23.5 Å². The molecule has 0 aliphatic heterocycles. The summed E-state index contributed by atoms with van der Waals surface area (Å²) < 4.78 is 14.2. The third-order valence-corrected chi connectivity index (χ3v) is 4.30. The van der Waals surface area contributed by atoms with Gasteiger partial charge in [0.25, 0.3) is 0 Å². The number of carbonyl (C=O) groups is 1. The highest BCUT2D eigenvalue weighted by Crippen LogP contribution is 2.19. The fraction of sp³-hybridized carbons (Fsp3) is 0.158. The van der Waals surface area contributed by atoms with Crippen LogP contribution in [-0.2, 0) is 4.79 Å². The lowest BCUT2D eigenvalue weighted by atomic mass is 10.2. The van der Waals surface area contributed by atoms with Crippen LogP contribution in [0.4, 0.5) is 10.1 Å². The number of rotatable bonds is 4. The molecule has 0 aliphatic carbocycles. The molecule has 0 radical (unpaired) electrons. The van der Waals surface area contributed by atoms with Crippen molar-refractivity contribution >= 4 is 23.2 Å². The molecule has 3 rings (SSSR count). The summed E-state index contributed by atoms with van der Waals surface area (Å²) in [6.45, 7) is 3.21. The Morgan fingerprint density at radius 1 is 1.22 bits per heavy atom. The number of amides is 1. The molecule has 0 saturated heterocycles. The molecular formula is C19H16ClFN4O2.